The minimum atomic E-state index is -4.40. The van der Waals surface area contributed by atoms with Gasteiger partial charge in [0.25, 0.3) is 0 Å². The maximum atomic E-state index is 11.9. The molecule has 20 heavy (non-hydrogen) atoms. The Morgan fingerprint density at radius 3 is 2.55 bits per heavy atom. The van der Waals surface area contributed by atoms with E-state index in [9.17, 15) is 21.6 Å². The third kappa shape index (κ3) is 4.92. The number of alkyl halides is 3. The van der Waals surface area contributed by atoms with Crippen molar-refractivity contribution < 1.29 is 21.6 Å². The first-order valence-corrected chi connectivity index (χ1v) is 7.62. The van der Waals surface area contributed by atoms with Crippen molar-refractivity contribution in [1.29, 1.82) is 5.26 Å². The molecule has 3 N–H and O–H groups in total. The Hall–Kier alpha value is -1.44. The SMILES string of the molecule is N#Cc1ccc(S(=O)(=O)NCCSC(F)(F)F)c(N)c1. The fourth-order valence-corrected chi connectivity index (χ4v) is 2.99. The molecule has 1 aromatic carbocycles. The highest BCUT2D eigenvalue weighted by atomic mass is 32.2. The molecule has 0 bridgehead atoms. The van der Waals surface area contributed by atoms with Crippen LogP contribution in [0.15, 0.2) is 23.1 Å². The van der Waals surface area contributed by atoms with E-state index >= 15 is 0 Å². The minimum Gasteiger partial charge on any atom is -0.398 e. The average Bonchev–Trinajstić information content (AvgIpc) is 2.33. The molecule has 1 rings (SSSR count). The molecule has 0 radical (unpaired) electrons. The summed E-state index contributed by atoms with van der Waals surface area (Å²) in [4.78, 5) is -0.270. The van der Waals surface area contributed by atoms with E-state index in [4.69, 9.17) is 11.0 Å². The molecule has 0 heterocycles. The summed E-state index contributed by atoms with van der Waals surface area (Å²) in [7, 11) is -4.00. The Balaban J connectivity index is 2.73. The molecule has 1 aromatic rings. The van der Waals surface area contributed by atoms with Gasteiger partial charge in [0.1, 0.15) is 4.90 Å². The highest BCUT2D eigenvalue weighted by Gasteiger charge is 2.28. The number of hydrogen-bond donors (Lipinski definition) is 2. The molecular formula is C10H10F3N3O2S2. The van der Waals surface area contributed by atoms with Gasteiger partial charge in [-0.2, -0.15) is 18.4 Å². The van der Waals surface area contributed by atoms with Gasteiger partial charge in [-0.3, -0.25) is 0 Å². The maximum Gasteiger partial charge on any atom is 0.441 e. The summed E-state index contributed by atoms with van der Waals surface area (Å²) in [6.45, 7) is -0.383. The lowest BCUT2D eigenvalue weighted by Gasteiger charge is -2.10. The number of nitriles is 1. The molecule has 5 nitrogen and oxygen atoms in total. The Morgan fingerprint density at radius 1 is 1.40 bits per heavy atom. The highest BCUT2D eigenvalue weighted by Crippen LogP contribution is 2.29. The second-order valence-corrected chi connectivity index (χ2v) is 6.45. The Morgan fingerprint density at radius 2 is 2.05 bits per heavy atom. The maximum absolute atomic E-state index is 11.9. The monoisotopic (exact) mass is 325 g/mol. The molecule has 0 fully saturated rings. The second-order valence-electron chi connectivity index (χ2n) is 3.56. The summed E-state index contributed by atoms with van der Waals surface area (Å²) in [6.07, 6.45) is 0. The summed E-state index contributed by atoms with van der Waals surface area (Å²) in [6, 6.07) is 5.36. The number of halogens is 3. The van der Waals surface area contributed by atoms with E-state index in [1.165, 1.54) is 12.1 Å². The van der Waals surface area contributed by atoms with Gasteiger partial charge in [-0.05, 0) is 30.0 Å². The first kappa shape index (κ1) is 16.6. The number of sulfonamides is 1. The van der Waals surface area contributed by atoms with Crippen LogP contribution in [0.25, 0.3) is 0 Å². The zero-order chi connectivity index (χ0) is 15.4. The van der Waals surface area contributed by atoms with Crippen LogP contribution in [-0.2, 0) is 10.0 Å². The molecule has 0 saturated carbocycles. The fourth-order valence-electron chi connectivity index (χ4n) is 1.28. The van der Waals surface area contributed by atoms with Crippen molar-refractivity contribution in [3.05, 3.63) is 23.8 Å². The Bertz CT molecular complexity index is 624. The molecule has 110 valence electrons. The van der Waals surface area contributed by atoms with Gasteiger partial charge >= 0.3 is 5.51 Å². The van der Waals surface area contributed by atoms with E-state index in [-0.39, 0.29) is 34.5 Å². The molecule has 0 saturated heterocycles. The van der Waals surface area contributed by atoms with Crippen LogP contribution < -0.4 is 10.5 Å². The van der Waals surface area contributed by atoms with Crippen LogP contribution >= 0.6 is 11.8 Å². The van der Waals surface area contributed by atoms with Gasteiger partial charge in [0.05, 0.1) is 17.3 Å². The van der Waals surface area contributed by atoms with Gasteiger partial charge in [0.2, 0.25) is 10.0 Å². The average molecular weight is 325 g/mol. The van der Waals surface area contributed by atoms with Crippen molar-refractivity contribution in [1.82, 2.24) is 4.72 Å². The standard InChI is InChI=1S/C10H10F3N3O2S2/c11-10(12,13)19-4-3-16-20(17,18)9-2-1-7(6-14)5-8(9)15/h1-2,5,16H,3-4,15H2. The Kier molecular flexibility index (Phi) is 5.27. The van der Waals surface area contributed by atoms with Crippen molar-refractivity contribution in [3.8, 4) is 6.07 Å². The fraction of sp³-hybridized carbons (Fsp3) is 0.300. The summed E-state index contributed by atoms with van der Waals surface area (Å²) in [5.74, 6) is -0.446. The largest absolute Gasteiger partial charge is 0.441 e. The third-order valence-electron chi connectivity index (χ3n) is 2.09. The molecule has 0 atom stereocenters. The van der Waals surface area contributed by atoms with Gasteiger partial charge in [-0.25, -0.2) is 13.1 Å². The predicted octanol–water partition coefficient (Wildman–Crippen LogP) is 1.67. The number of hydrogen-bond acceptors (Lipinski definition) is 5. The number of anilines is 1. The number of thioether (sulfide) groups is 1. The van der Waals surface area contributed by atoms with Crippen molar-refractivity contribution >= 4 is 27.5 Å². The number of benzene rings is 1. The van der Waals surface area contributed by atoms with Gasteiger partial charge < -0.3 is 5.73 Å². The van der Waals surface area contributed by atoms with Gasteiger partial charge in [-0.15, -0.1) is 0 Å². The number of nitrogens with zero attached hydrogens (tertiary/aromatic N) is 1. The van der Waals surface area contributed by atoms with E-state index in [1.54, 1.807) is 6.07 Å². The lowest BCUT2D eigenvalue weighted by atomic mass is 10.2. The summed E-state index contributed by atoms with van der Waals surface area (Å²) in [5, 5.41) is 8.63. The first-order chi connectivity index (χ1) is 9.15. The van der Waals surface area contributed by atoms with Crippen molar-refractivity contribution in [2.24, 2.45) is 0 Å². The van der Waals surface area contributed by atoms with Crippen LogP contribution in [0.2, 0.25) is 0 Å². The quantitative estimate of drug-likeness (QED) is 0.634. The van der Waals surface area contributed by atoms with Crippen LogP contribution in [-0.4, -0.2) is 26.2 Å². The molecule has 0 aliphatic rings. The van der Waals surface area contributed by atoms with Crippen LogP contribution in [0.1, 0.15) is 5.56 Å². The third-order valence-corrected chi connectivity index (χ3v) is 4.36. The van der Waals surface area contributed by atoms with Crippen molar-refractivity contribution in [3.63, 3.8) is 0 Å². The summed E-state index contributed by atoms with van der Waals surface area (Å²) >= 11 is -0.322. The van der Waals surface area contributed by atoms with Gasteiger partial charge in [0, 0.05) is 12.3 Å². The van der Waals surface area contributed by atoms with E-state index in [2.05, 4.69) is 0 Å². The zero-order valence-electron chi connectivity index (χ0n) is 9.94. The lowest BCUT2D eigenvalue weighted by Crippen LogP contribution is -2.27. The molecule has 0 aliphatic carbocycles. The molecule has 0 aliphatic heterocycles. The van der Waals surface area contributed by atoms with Gasteiger partial charge in [-0.1, -0.05) is 0 Å². The summed E-state index contributed by atoms with van der Waals surface area (Å²) in [5.41, 5.74) is 1.15. The predicted molar refractivity (Wildman–Crippen MR) is 69.3 cm³/mol. The molecule has 0 aromatic heterocycles. The Labute approximate surface area is 118 Å². The van der Waals surface area contributed by atoms with E-state index in [0.717, 1.165) is 6.07 Å². The van der Waals surface area contributed by atoms with Crippen LogP contribution in [0, 0.1) is 11.3 Å². The van der Waals surface area contributed by atoms with Crippen molar-refractivity contribution in [2.45, 2.75) is 10.4 Å². The lowest BCUT2D eigenvalue weighted by molar-refractivity contribution is -0.0327. The molecule has 0 amide bonds. The normalized spacial score (nSPS) is 12.1. The number of nitrogens with two attached hydrogens (primary N) is 1. The first-order valence-electron chi connectivity index (χ1n) is 5.16. The van der Waals surface area contributed by atoms with E-state index < -0.39 is 21.3 Å². The zero-order valence-corrected chi connectivity index (χ0v) is 11.6. The number of nitrogens with one attached hydrogen (secondary N) is 1. The number of rotatable bonds is 5. The molecule has 0 unspecified atom stereocenters. The van der Waals surface area contributed by atoms with Crippen molar-refractivity contribution in [2.75, 3.05) is 18.0 Å². The smallest absolute Gasteiger partial charge is 0.398 e. The molecular weight excluding hydrogens is 315 g/mol. The van der Waals surface area contributed by atoms with E-state index in [0.29, 0.717) is 0 Å². The summed E-state index contributed by atoms with van der Waals surface area (Å²) < 4.78 is 61.3. The number of nitrogen functional groups attached to an aromatic ring is 1. The van der Waals surface area contributed by atoms with Crippen LogP contribution in [0.3, 0.4) is 0 Å². The second kappa shape index (κ2) is 6.34. The molecule has 10 heteroatoms. The van der Waals surface area contributed by atoms with Crippen LogP contribution in [0.4, 0.5) is 18.9 Å². The van der Waals surface area contributed by atoms with Gasteiger partial charge in [0.15, 0.2) is 0 Å². The molecule has 0 spiro atoms. The van der Waals surface area contributed by atoms with Crippen LogP contribution in [0.5, 0.6) is 0 Å². The van der Waals surface area contributed by atoms with E-state index in [1.807, 2.05) is 4.72 Å². The highest BCUT2D eigenvalue weighted by molar-refractivity contribution is 8.00. The minimum absolute atomic E-state index is 0.139. The topological polar surface area (TPSA) is 96.0 Å².